The molecular weight excluding hydrogens is 274 g/mol. The lowest BCUT2D eigenvalue weighted by Gasteiger charge is -2.22. The monoisotopic (exact) mass is 289 g/mol. The van der Waals surface area contributed by atoms with Gasteiger partial charge in [0.2, 0.25) is 5.95 Å². The Labute approximate surface area is 120 Å². The van der Waals surface area contributed by atoms with Gasteiger partial charge in [-0.05, 0) is 31.2 Å². The van der Waals surface area contributed by atoms with Gasteiger partial charge >= 0.3 is 5.97 Å². The van der Waals surface area contributed by atoms with E-state index in [9.17, 15) is 4.79 Å². The van der Waals surface area contributed by atoms with Crippen molar-refractivity contribution in [3.8, 4) is 0 Å². The first-order chi connectivity index (χ1) is 9.65. The van der Waals surface area contributed by atoms with Crippen molar-refractivity contribution >= 4 is 23.3 Å². The van der Waals surface area contributed by atoms with Crippen molar-refractivity contribution in [2.75, 3.05) is 4.90 Å². The number of carboxylic acid groups (broad SMARTS) is 1. The fourth-order valence-electron chi connectivity index (χ4n) is 2.12. The van der Waals surface area contributed by atoms with Crippen LogP contribution in [0.25, 0.3) is 0 Å². The SMILES string of the molecule is Cc1nc(N(Cc2cccs2)C2CC2)ncc1C(=O)O. The lowest BCUT2D eigenvalue weighted by Crippen LogP contribution is -2.27. The minimum atomic E-state index is -0.981. The first kappa shape index (κ1) is 13.1. The molecule has 20 heavy (non-hydrogen) atoms. The maximum Gasteiger partial charge on any atom is 0.339 e. The summed E-state index contributed by atoms with van der Waals surface area (Å²) in [5.74, 6) is -0.353. The van der Waals surface area contributed by atoms with Gasteiger partial charge in [0.05, 0.1) is 17.8 Å². The van der Waals surface area contributed by atoms with E-state index in [0.717, 1.165) is 19.4 Å². The van der Waals surface area contributed by atoms with Crippen molar-refractivity contribution in [2.24, 2.45) is 0 Å². The van der Waals surface area contributed by atoms with Crippen molar-refractivity contribution in [1.82, 2.24) is 9.97 Å². The molecular formula is C14H15N3O2S. The standard InChI is InChI=1S/C14H15N3O2S/c1-9-12(13(18)19)7-15-14(16-9)17(10-4-5-10)8-11-3-2-6-20-11/h2-3,6-7,10H,4-5,8H2,1H3,(H,18,19). The molecule has 2 heterocycles. The van der Waals surface area contributed by atoms with E-state index in [-0.39, 0.29) is 5.56 Å². The van der Waals surface area contributed by atoms with Gasteiger partial charge in [-0.1, -0.05) is 6.07 Å². The largest absolute Gasteiger partial charge is 0.478 e. The van der Waals surface area contributed by atoms with E-state index in [1.165, 1.54) is 11.1 Å². The molecule has 2 aromatic rings. The molecule has 0 aromatic carbocycles. The smallest absolute Gasteiger partial charge is 0.339 e. The van der Waals surface area contributed by atoms with E-state index in [4.69, 9.17) is 5.11 Å². The van der Waals surface area contributed by atoms with Crippen LogP contribution in [0, 0.1) is 6.92 Å². The molecule has 1 aliphatic carbocycles. The highest BCUT2D eigenvalue weighted by molar-refractivity contribution is 7.09. The molecule has 5 nitrogen and oxygen atoms in total. The zero-order valence-electron chi connectivity index (χ0n) is 11.1. The number of aromatic carboxylic acids is 1. The number of nitrogens with zero attached hydrogens (tertiary/aromatic N) is 3. The van der Waals surface area contributed by atoms with Crippen molar-refractivity contribution < 1.29 is 9.90 Å². The van der Waals surface area contributed by atoms with Gasteiger partial charge in [0.15, 0.2) is 0 Å². The van der Waals surface area contributed by atoms with Crippen LogP contribution in [0.1, 0.15) is 33.8 Å². The average molecular weight is 289 g/mol. The van der Waals surface area contributed by atoms with Gasteiger partial charge in [-0.3, -0.25) is 0 Å². The van der Waals surface area contributed by atoms with Gasteiger partial charge in [-0.15, -0.1) is 11.3 Å². The second-order valence-electron chi connectivity index (χ2n) is 4.91. The summed E-state index contributed by atoms with van der Waals surface area (Å²) in [5.41, 5.74) is 0.681. The molecule has 1 fully saturated rings. The highest BCUT2D eigenvalue weighted by Crippen LogP contribution is 2.32. The minimum Gasteiger partial charge on any atom is -0.478 e. The number of aryl methyl sites for hydroxylation is 1. The number of carboxylic acids is 1. The van der Waals surface area contributed by atoms with E-state index < -0.39 is 5.97 Å². The summed E-state index contributed by atoms with van der Waals surface area (Å²) in [6.07, 6.45) is 3.70. The molecule has 1 aliphatic rings. The normalized spacial score (nSPS) is 14.2. The third kappa shape index (κ3) is 2.65. The summed E-state index contributed by atoms with van der Waals surface area (Å²) in [6, 6.07) is 4.61. The van der Waals surface area contributed by atoms with Crippen LogP contribution in [-0.4, -0.2) is 27.1 Å². The first-order valence-corrected chi connectivity index (χ1v) is 7.39. The summed E-state index contributed by atoms with van der Waals surface area (Å²) >= 11 is 1.71. The molecule has 0 radical (unpaired) electrons. The second-order valence-corrected chi connectivity index (χ2v) is 5.94. The molecule has 0 saturated heterocycles. The van der Waals surface area contributed by atoms with Crippen LogP contribution in [0.15, 0.2) is 23.7 Å². The molecule has 0 bridgehead atoms. The fraction of sp³-hybridized carbons (Fsp3) is 0.357. The Morgan fingerprint density at radius 3 is 2.90 bits per heavy atom. The number of hydrogen-bond donors (Lipinski definition) is 1. The lowest BCUT2D eigenvalue weighted by molar-refractivity contribution is 0.0695. The summed E-state index contributed by atoms with van der Waals surface area (Å²) in [4.78, 5) is 23.1. The maximum atomic E-state index is 11.0. The summed E-state index contributed by atoms with van der Waals surface area (Å²) in [5, 5.41) is 11.1. The van der Waals surface area contributed by atoms with Gasteiger partial charge in [0.25, 0.3) is 0 Å². The van der Waals surface area contributed by atoms with Gasteiger partial charge in [-0.2, -0.15) is 0 Å². The summed E-state index contributed by atoms with van der Waals surface area (Å²) in [7, 11) is 0. The van der Waals surface area contributed by atoms with E-state index in [2.05, 4.69) is 26.3 Å². The topological polar surface area (TPSA) is 66.3 Å². The predicted octanol–water partition coefficient (Wildman–Crippen LogP) is 2.71. The minimum absolute atomic E-state index is 0.167. The highest BCUT2D eigenvalue weighted by atomic mass is 32.1. The number of anilines is 1. The quantitative estimate of drug-likeness (QED) is 0.916. The molecule has 104 valence electrons. The zero-order chi connectivity index (χ0) is 14.1. The predicted molar refractivity (Wildman–Crippen MR) is 77.3 cm³/mol. The number of thiophene rings is 1. The van der Waals surface area contributed by atoms with Gasteiger partial charge < -0.3 is 10.0 Å². The highest BCUT2D eigenvalue weighted by Gasteiger charge is 2.31. The van der Waals surface area contributed by atoms with Gasteiger partial charge in [0, 0.05) is 17.1 Å². The third-order valence-electron chi connectivity index (χ3n) is 3.35. The molecule has 0 spiro atoms. The van der Waals surface area contributed by atoms with E-state index in [1.807, 2.05) is 6.07 Å². The van der Waals surface area contributed by atoms with Gasteiger partial charge in [-0.25, -0.2) is 14.8 Å². The van der Waals surface area contributed by atoms with E-state index in [0.29, 0.717) is 17.7 Å². The van der Waals surface area contributed by atoms with E-state index >= 15 is 0 Å². The molecule has 0 unspecified atom stereocenters. The lowest BCUT2D eigenvalue weighted by atomic mass is 10.2. The van der Waals surface area contributed by atoms with Crippen molar-refractivity contribution in [1.29, 1.82) is 0 Å². The molecule has 0 aliphatic heterocycles. The number of rotatable bonds is 5. The number of hydrogen-bond acceptors (Lipinski definition) is 5. The molecule has 2 aromatic heterocycles. The zero-order valence-corrected chi connectivity index (χ0v) is 11.9. The molecule has 1 saturated carbocycles. The number of carbonyl (C=O) groups is 1. The molecule has 0 amide bonds. The molecule has 6 heteroatoms. The van der Waals surface area contributed by atoms with Crippen molar-refractivity contribution in [3.05, 3.63) is 39.8 Å². The fourth-order valence-corrected chi connectivity index (χ4v) is 2.83. The van der Waals surface area contributed by atoms with Crippen LogP contribution in [0.4, 0.5) is 5.95 Å². The van der Waals surface area contributed by atoms with Crippen LogP contribution in [0.5, 0.6) is 0 Å². The maximum absolute atomic E-state index is 11.0. The molecule has 1 N–H and O–H groups in total. The van der Waals surface area contributed by atoms with Crippen LogP contribution in [-0.2, 0) is 6.54 Å². The van der Waals surface area contributed by atoms with Crippen LogP contribution < -0.4 is 4.90 Å². The average Bonchev–Trinajstić information content (AvgIpc) is 3.12. The van der Waals surface area contributed by atoms with Crippen LogP contribution in [0.3, 0.4) is 0 Å². The van der Waals surface area contributed by atoms with Crippen molar-refractivity contribution in [3.63, 3.8) is 0 Å². The van der Waals surface area contributed by atoms with Crippen LogP contribution >= 0.6 is 11.3 Å². The molecule has 0 atom stereocenters. The van der Waals surface area contributed by atoms with E-state index in [1.54, 1.807) is 18.3 Å². The summed E-state index contributed by atoms with van der Waals surface area (Å²) < 4.78 is 0. The van der Waals surface area contributed by atoms with Crippen LogP contribution in [0.2, 0.25) is 0 Å². The first-order valence-electron chi connectivity index (χ1n) is 6.51. The van der Waals surface area contributed by atoms with Gasteiger partial charge in [0.1, 0.15) is 0 Å². The Balaban J connectivity index is 1.88. The second kappa shape index (κ2) is 5.20. The Bertz CT molecular complexity index is 623. The Morgan fingerprint density at radius 2 is 2.35 bits per heavy atom. The molecule has 3 rings (SSSR count). The number of aromatic nitrogens is 2. The summed E-state index contributed by atoms with van der Waals surface area (Å²) in [6.45, 7) is 2.50. The third-order valence-corrected chi connectivity index (χ3v) is 4.21. The van der Waals surface area contributed by atoms with Crippen molar-refractivity contribution in [2.45, 2.75) is 32.4 Å². The Kier molecular flexibility index (Phi) is 3.40. The Morgan fingerprint density at radius 1 is 1.55 bits per heavy atom. The Hall–Kier alpha value is -1.95.